The van der Waals surface area contributed by atoms with E-state index in [1.54, 1.807) is 18.9 Å². The topological polar surface area (TPSA) is 39.9 Å². The first-order valence-electron chi connectivity index (χ1n) is 7.11. The Hall–Kier alpha value is -1.98. The van der Waals surface area contributed by atoms with E-state index < -0.39 is 0 Å². The summed E-state index contributed by atoms with van der Waals surface area (Å²) in [6, 6.07) is 15.7. The Morgan fingerprint density at radius 1 is 1.04 bits per heavy atom. The molecule has 0 aliphatic rings. The molecule has 2 aromatic carbocycles. The summed E-state index contributed by atoms with van der Waals surface area (Å²) in [7, 11) is 1.66. The molecule has 0 aliphatic heterocycles. The molecule has 0 amide bonds. The molecule has 6 heteroatoms. The zero-order chi connectivity index (χ0) is 16.2. The Kier molecular flexibility index (Phi) is 4.88. The van der Waals surface area contributed by atoms with Gasteiger partial charge in [0.2, 0.25) is 0 Å². The fourth-order valence-electron chi connectivity index (χ4n) is 2.19. The van der Waals surface area contributed by atoms with Crippen molar-refractivity contribution < 1.29 is 4.74 Å². The van der Waals surface area contributed by atoms with Crippen LogP contribution in [0.2, 0.25) is 5.02 Å². The van der Waals surface area contributed by atoms with Crippen molar-refractivity contribution >= 4 is 23.4 Å². The maximum atomic E-state index is 5.92. The number of methoxy groups -OCH3 is 1. The van der Waals surface area contributed by atoms with Crippen molar-refractivity contribution in [3.63, 3.8) is 0 Å². The van der Waals surface area contributed by atoms with Gasteiger partial charge in [-0.1, -0.05) is 35.5 Å². The van der Waals surface area contributed by atoms with Crippen molar-refractivity contribution in [1.29, 1.82) is 0 Å². The number of hydrogen-bond donors (Lipinski definition) is 0. The van der Waals surface area contributed by atoms with Gasteiger partial charge in [0.1, 0.15) is 11.6 Å². The zero-order valence-corrected chi connectivity index (χ0v) is 14.4. The van der Waals surface area contributed by atoms with Gasteiger partial charge in [-0.05, 0) is 48.9 Å². The van der Waals surface area contributed by atoms with Crippen molar-refractivity contribution in [2.75, 3.05) is 7.11 Å². The maximum absolute atomic E-state index is 5.92. The van der Waals surface area contributed by atoms with Gasteiger partial charge < -0.3 is 4.74 Å². The maximum Gasteiger partial charge on any atom is 0.196 e. The van der Waals surface area contributed by atoms with Crippen LogP contribution in [0.1, 0.15) is 11.4 Å². The fourth-order valence-corrected chi connectivity index (χ4v) is 3.27. The van der Waals surface area contributed by atoms with Crippen molar-refractivity contribution in [1.82, 2.24) is 14.8 Å². The molecule has 0 unspecified atom stereocenters. The Morgan fingerprint density at radius 2 is 1.74 bits per heavy atom. The number of rotatable bonds is 5. The SMILES string of the molecule is COc1ccc(-n2c(C)nnc2SCc2ccc(Cl)cc2)cc1. The third kappa shape index (κ3) is 3.68. The van der Waals surface area contributed by atoms with E-state index in [1.807, 2.05) is 60.0 Å². The molecule has 4 nitrogen and oxygen atoms in total. The molecule has 0 fully saturated rings. The molecule has 0 bridgehead atoms. The molecule has 0 radical (unpaired) electrons. The predicted molar refractivity (Wildman–Crippen MR) is 93.7 cm³/mol. The minimum Gasteiger partial charge on any atom is -0.497 e. The second kappa shape index (κ2) is 7.06. The Labute approximate surface area is 144 Å². The molecule has 0 saturated carbocycles. The fraction of sp³-hybridized carbons (Fsp3) is 0.176. The normalized spacial score (nSPS) is 10.7. The van der Waals surface area contributed by atoms with Crippen LogP contribution in [0.15, 0.2) is 53.7 Å². The number of nitrogens with zero attached hydrogens (tertiary/aromatic N) is 3. The van der Waals surface area contributed by atoms with Crippen LogP contribution in [0.4, 0.5) is 0 Å². The standard InChI is InChI=1S/C17H16ClN3OS/c1-12-19-20-17(23-11-13-3-5-14(18)6-4-13)21(12)15-7-9-16(22-2)10-8-15/h3-10H,11H2,1-2H3. The smallest absolute Gasteiger partial charge is 0.196 e. The van der Waals surface area contributed by atoms with E-state index in [0.717, 1.165) is 33.2 Å². The van der Waals surface area contributed by atoms with Crippen LogP contribution in [0.25, 0.3) is 5.69 Å². The molecule has 23 heavy (non-hydrogen) atoms. The summed E-state index contributed by atoms with van der Waals surface area (Å²) in [5.41, 5.74) is 2.22. The van der Waals surface area contributed by atoms with Gasteiger partial charge in [-0.25, -0.2) is 0 Å². The first-order chi connectivity index (χ1) is 11.2. The number of thioether (sulfide) groups is 1. The van der Waals surface area contributed by atoms with Crippen LogP contribution >= 0.6 is 23.4 Å². The van der Waals surface area contributed by atoms with Crippen LogP contribution < -0.4 is 4.74 Å². The predicted octanol–water partition coefficient (Wildman–Crippen LogP) is 4.53. The third-order valence-corrected chi connectivity index (χ3v) is 4.66. The van der Waals surface area contributed by atoms with Crippen molar-refractivity contribution in [3.8, 4) is 11.4 Å². The molecule has 0 spiro atoms. The van der Waals surface area contributed by atoms with E-state index in [4.69, 9.17) is 16.3 Å². The van der Waals surface area contributed by atoms with Gasteiger partial charge in [-0.2, -0.15) is 0 Å². The zero-order valence-electron chi connectivity index (χ0n) is 12.9. The largest absolute Gasteiger partial charge is 0.497 e. The Balaban J connectivity index is 1.81. The summed E-state index contributed by atoms with van der Waals surface area (Å²) < 4.78 is 7.25. The van der Waals surface area contributed by atoms with Gasteiger partial charge in [0, 0.05) is 16.5 Å². The highest BCUT2D eigenvalue weighted by Crippen LogP contribution is 2.26. The molecule has 1 heterocycles. The van der Waals surface area contributed by atoms with Crippen molar-refractivity contribution in [3.05, 3.63) is 64.9 Å². The van der Waals surface area contributed by atoms with E-state index in [0.29, 0.717) is 0 Å². The lowest BCUT2D eigenvalue weighted by molar-refractivity contribution is 0.414. The first kappa shape index (κ1) is 15.9. The summed E-state index contributed by atoms with van der Waals surface area (Å²) in [4.78, 5) is 0. The van der Waals surface area contributed by atoms with E-state index in [1.165, 1.54) is 5.56 Å². The van der Waals surface area contributed by atoms with Gasteiger partial charge in [0.05, 0.1) is 7.11 Å². The van der Waals surface area contributed by atoms with Gasteiger partial charge in [0.15, 0.2) is 5.16 Å². The van der Waals surface area contributed by atoms with Crippen molar-refractivity contribution in [2.45, 2.75) is 17.8 Å². The minimum atomic E-state index is 0.746. The number of benzene rings is 2. The third-order valence-electron chi connectivity index (χ3n) is 3.41. The lowest BCUT2D eigenvalue weighted by Gasteiger charge is -2.09. The minimum absolute atomic E-state index is 0.746. The second-order valence-electron chi connectivity index (χ2n) is 4.98. The molecule has 0 saturated heterocycles. The van der Waals surface area contributed by atoms with Gasteiger partial charge in [0.25, 0.3) is 0 Å². The molecule has 0 atom stereocenters. The van der Waals surface area contributed by atoms with Crippen LogP contribution in [0.5, 0.6) is 5.75 Å². The van der Waals surface area contributed by atoms with Crippen LogP contribution in [0, 0.1) is 6.92 Å². The van der Waals surface area contributed by atoms with E-state index in [9.17, 15) is 0 Å². The average Bonchev–Trinajstić information content (AvgIpc) is 2.95. The van der Waals surface area contributed by atoms with Gasteiger partial charge >= 0.3 is 0 Å². The quantitative estimate of drug-likeness (QED) is 0.637. The lowest BCUT2D eigenvalue weighted by Crippen LogP contribution is -1.99. The van der Waals surface area contributed by atoms with Crippen molar-refractivity contribution in [2.24, 2.45) is 0 Å². The van der Waals surface area contributed by atoms with Crippen LogP contribution in [0.3, 0.4) is 0 Å². The molecular formula is C17H16ClN3OS. The first-order valence-corrected chi connectivity index (χ1v) is 8.47. The summed E-state index contributed by atoms with van der Waals surface area (Å²) in [6.07, 6.45) is 0. The Bertz CT molecular complexity index is 785. The van der Waals surface area contributed by atoms with Gasteiger partial charge in [-0.15, -0.1) is 10.2 Å². The van der Waals surface area contributed by atoms with E-state index in [2.05, 4.69) is 10.2 Å². The molecular weight excluding hydrogens is 330 g/mol. The highest BCUT2D eigenvalue weighted by Gasteiger charge is 2.11. The Morgan fingerprint density at radius 3 is 2.39 bits per heavy atom. The van der Waals surface area contributed by atoms with Gasteiger partial charge in [-0.3, -0.25) is 4.57 Å². The number of halogens is 1. The average molecular weight is 346 g/mol. The molecule has 118 valence electrons. The molecule has 1 aromatic heterocycles. The number of aromatic nitrogens is 3. The van der Waals surface area contributed by atoms with Crippen LogP contribution in [-0.4, -0.2) is 21.9 Å². The summed E-state index contributed by atoms with van der Waals surface area (Å²) >= 11 is 7.57. The number of hydrogen-bond acceptors (Lipinski definition) is 4. The molecule has 3 rings (SSSR count). The summed E-state index contributed by atoms with van der Waals surface area (Å²) in [6.45, 7) is 1.95. The van der Waals surface area contributed by atoms with E-state index in [-0.39, 0.29) is 0 Å². The lowest BCUT2D eigenvalue weighted by atomic mass is 10.2. The second-order valence-corrected chi connectivity index (χ2v) is 6.36. The highest BCUT2D eigenvalue weighted by molar-refractivity contribution is 7.98. The molecule has 0 aliphatic carbocycles. The van der Waals surface area contributed by atoms with Crippen LogP contribution in [-0.2, 0) is 5.75 Å². The highest BCUT2D eigenvalue weighted by atomic mass is 35.5. The van der Waals surface area contributed by atoms with E-state index >= 15 is 0 Å². The molecule has 0 N–H and O–H groups in total. The summed E-state index contributed by atoms with van der Waals surface area (Å²) in [5.74, 6) is 2.49. The molecule has 3 aromatic rings. The summed E-state index contributed by atoms with van der Waals surface area (Å²) in [5, 5.41) is 10.1. The number of aryl methyl sites for hydroxylation is 1. The number of ether oxygens (including phenoxy) is 1. The monoisotopic (exact) mass is 345 g/mol.